The van der Waals surface area contributed by atoms with Gasteiger partial charge in [0, 0.05) is 17.6 Å². The Balaban J connectivity index is 2.14. The predicted molar refractivity (Wildman–Crippen MR) is 87.5 cm³/mol. The molecule has 2 nitrogen and oxygen atoms in total. The van der Waals surface area contributed by atoms with Crippen LogP contribution in [0.15, 0.2) is 40.9 Å². The van der Waals surface area contributed by atoms with Gasteiger partial charge in [-0.05, 0) is 39.7 Å². The topological polar surface area (TPSA) is 17.8 Å². The van der Waals surface area contributed by atoms with E-state index in [4.69, 9.17) is 23.2 Å². The molecule has 2 aromatic carbocycles. The summed E-state index contributed by atoms with van der Waals surface area (Å²) in [4.78, 5) is 4.45. The Morgan fingerprint density at radius 2 is 2.05 bits per heavy atom. The molecule has 0 saturated carbocycles. The van der Waals surface area contributed by atoms with Crippen LogP contribution < -0.4 is 0 Å². The van der Waals surface area contributed by atoms with Gasteiger partial charge in [-0.3, -0.25) is 0 Å². The van der Waals surface area contributed by atoms with Crippen molar-refractivity contribution in [3.63, 3.8) is 0 Å². The lowest BCUT2D eigenvalue weighted by molar-refractivity contribution is 0.621. The lowest BCUT2D eigenvalue weighted by Crippen LogP contribution is -2.04. The van der Waals surface area contributed by atoms with Crippen LogP contribution in [0.2, 0.25) is 5.02 Å². The number of benzene rings is 2. The zero-order valence-electron chi connectivity index (χ0n) is 10.8. The molecule has 3 aromatic rings. The Bertz CT molecular complexity index is 817. The number of imidazole rings is 1. The molecule has 0 aliphatic heterocycles. The zero-order chi connectivity index (χ0) is 15.0. The summed E-state index contributed by atoms with van der Waals surface area (Å²) in [7, 11) is 0. The third-order valence-electron chi connectivity index (χ3n) is 3.22. The van der Waals surface area contributed by atoms with Crippen LogP contribution >= 0.6 is 39.1 Å². The van der Waals surface area contributed by atoms with Gasteiger partial charge >= 0.3 is 0 Å². The summed E-state index contributed by atoms with van der Waals surface area (Å²) in [5.41, 5.74) is 2.43. The fraction of sp³-hybridized carbons (Fsp3) is 0.133. The predicted octanol–water partition coefficient (Wildman–Crippen LogP) is 5.38. The van der Waals surface area contributed by atoms with Crippen molar-refractivity contribution in [3.05, 3.63) is 63.1 Å². The summed E-state index contributed by atoms with van der Waals surface area (Å²) in [6, 6.07) is 10.7. The molecule has 108 valence electrons. The summed E-state index contributed by atoms with van der Waals surface area (Å²) < 4.78 is 16.1. The SMILES string of the molecule is Fc1cc2c(cc1Br)nc(CCl)n2Cc1cccc(Cl)c1. The second kappa shape index (κ2) is 5.95. The number of aromatic nitrogens is 2. The Labute approximate surface area is 139 Å². The lowest BCUT2D eigenvalue weighted by atomic mass is 10.2. The van der Waals surface area contributed by atoms with Crippen molar-refractivity contribution in [3.8, 4) is 0 Å². The molecular weight excluding hydrogens is 378 g/mol. The molecule has 0 aliphatic carbocycles. The van der Waals surface area contributed by atoms with Crippen molar-refractivity contribution in [1.29, 1.82) is 0 Å². The number of fused-ring (bicyclic) bond motifs is 1. The first-order valence-electron chi connectivity index (χ1n) is 6.23. The zero-order valence-corrected chi connectivity index (χ0v) is 13.9. The molecule has 0 fully saturated rings. The van der Waals surface area contributed by atoms with E-state index >= 15 is 0 Å². The molecule has 0 atom stereocenters. The van der Waals surface area contributed by atoms with Crippen LogP contribution in [0.1, 0.15) is 11.4 Å². The fourth-order valence-corrected chi connectivity index (χ4v) is 3.01. The maximum Gasteiger partial charge on any atom is 0.139 e. The standard InChI is InChI=1S/C15H10BrCl2FN2/c16-11-5-13-14(6-12(11)19)21(15(7-17)20-13)8-9-2-1-3-10(18)4-9/h1-6H,7-8H2. The third kappa shape index (κ3) is 2.93. The number of nitrogens with zero attached hydrogens (tertiary/aromatic N) is 2. The lowest BCUT2D eigenvalue weighted by Gasteiger charge is -2.08. The molecule has 0 unspecified atom stereocenters. The second-order valence-corrected chi connectivity index (χ2v) is 6.19. The molecule has 1 aromatic heterocycles. The highest BCUT2D eigenvalue weighted by molar-refractivity contribution is 9.10. The minimum atomic E-state index is -0.323. The molecule has 0 saturated heterocycles. The van der Waals surface area contributed by atoms with Gasteiger partial charge in [-0.2, -0.15) is 0 Å². The maximum absolute atomic E-state index is 13.8. The number of hydrogen-bond acceptors (Lipinski definition) is 1. The van der Waals surface area contributed by atoms with Crippen molar-refractivity contribution in [1.82, 2.24) is 9.55 Å². The van der Waals surface area contributed by atoms with E-state index in [0.29, 0.717) is 32.9 Å². The molecule has 0 radical (unpaired) electrons. The van der Waals surface area contributed by atoms with E-state index in [9.17, 15) is 4.39 Å². The molecule has 6 heteroatoms. The first-order valence-corrected chi connectivity index (χ1v) is 7.93. The van der Waals surface area contributed by atoms with E-state index in [1.165, 1.54) is 6.07 Å². The van der Waals surface area contributed by atoms with Crippen LogP contribution in [-0.2, 0) is 12.4 Å². The van der Waals surface area contributed by atoms with E-state index < -0.39 is 0 Å². The quantitative estimate of drug-likeness (QED) is 0.551. The molecule has 0 spiro atoms. The molecule has 21 heavy (non-hydrogen) atoms. The molecule has 0 aliphatic rings. The van der Waals surface area contributed by atoms with Crippen LogP contribution in [-0.4, -0.2) is 9.55 Å². The first kappa shape index (κ1) is 14.8. The van der Waals surface area contributed by atoms with Gasteiger partial charge in [0.15, 0.2) is 0 Å². The van der Waals surface area contributed by atoms with Gasteiger partial charge in [-0.25, -0.2) is 9.37 Å². The van der Waals surface area contributed by atoms with E-state index in [1.54, 1.807) is 6.07 Å². The van der Waals surface area contributed by atoms with E-state index in [-0.39, 0.29) is 11.7 Å². The van der Waals surface area contributed by atoms with Gasteiger partial charge in [0.05, 0.1) is 21.4 Å². The van der Waals surface area contributed by atoms with Crippen LogP contribution in [0.25, 0.3) is 11.0 Å². The largest absolute Gasteiger partial charge is 0.322 e. The number of rotatable bonds is 3. The summed E-state index contributed by atoms with van der Waals surface area (Å²) in [6.45, 7) is 0.542. The summed E-state index contributed by atoms with van der Waals surface area (Å²) in [5, 5.41) is 0.665. The third-order valence-corrected chi connectivity index (χ3v) is 4.30. The molecule has 0 N–H and O–H groups in total. The number of hydrogen-bond donors (Lipinski definition) is 0. The molecule has 0 bridgehead atoms. The fourth-order valence-electron chi connectivity index (χ4n) is 2.27. The first-order chi connectivity index (χ1) is 10.1. The summed E-state index contributed by atoms with van der Waals surface area (Å²) in [6.07, 6.45) is 0. The van der Waals surface area contributed by atoms with Crippen LogP contribution in [0.3, 0.4) is 0 Å². The molecule has 0 amide bonds. The average Bonchev–Trinajstić information content (AvgIpc) is 2.77. The smallest absolute Gasteiger partial charge is 0.139 e. The van der Waals surface area contributed by atoms with Gasteiger partial charge in [-0.1, -0.05) is 23.7 Å². The minimum Gasteiger partial charge on any atom is -0.322 e. The molecule has 3 rings (SSSR count). The van der Waals surface area contributed by atoms with Gasteiger partial charge in [0.2, 0.25) is 0 Å². The van der Waals surface area contributed by atoms with E-state index in [0.717, 1.165) is 5.56 Å². The average molecular weight is 388 g/mol. The van der Waals surface area contributed by atoms with Gasteiger partial charge in [-0.15, -0.1) is 11.6 Å². The van der Waals surface area contributed by atoms with Crippen molar-refractivity contribution < 1.29 is 4.39 Å². The normalized spacial score (nSPS) is 11.2. The van der Waals surface area contributed by atoms with Gasteiger partial charge in [0.1, 0.15) is 11.6 Å². The van der Waals surface area contributed by atoms with E-state index in [2.05, 4.69) is 20.9 Å². The van der Waals surface area contributed by atoms with Crippen molar-refractivity contribution >= 4 is 50.2 Å². The summed E-state index contributed by atoms with van der Waals surface area (Å²) in [5.74, 6) is 0.633. The van der Waals surface area contributed by atoms with Crippen molar-refractivity contribution in [2.75, 3.05) is 0 Å². The van der Waals surface area contributed by atoms with Crippen molar-refractivity contribution in [2.45, 2.75) is 12.4 Å². The number of halogens is 4. The second-order valence-electron chi connectivity index (χ2n) is 4.63. The molecule has 1 heterocycles. The Hall–Kier alpha value is -1.10. The van der Waals surface area contributed by atoms with Crippen molar-refractivity contribution in [2.24, 2.45) is 0 Å². The summed E-state index contributed by atoms with van der Waals surface area (Å²) >= 11 is 15.1. The van der Waals surface area contributed by atoms with Gasteiger partial charge in [0.25, 0.3) is 0 Å². The van der Waals surface area contributed by atoms with Crippen LogP contribution in [0.5, 0.6) is 0 Å². The monoisotopic (exact) mass is 386 g/mol. The molecular formula is C15H10BrCl2FN2. The van der Waals surface area contributed by atoms with E-state index in [1.807, 2.05) is 28.8 Å². The van der Waals surface area contributed by atoms with Gasteiger partial charge < -0.3 is 4.57 Å². The Morgan fingerprint density at radius 1 is 1.24 bits per heavy atom. The Kier molecular flexibility index (Phi) is 4.20. The Morgan fingerprint density at radius 3 is 2.76 bits per heavy atom. The highest BCUT2D eigenvalue weighted by Crippen LogP contribution is 2.26. The van der Waals surface area contributed by atoms with Crippen LogP contribution in [0.4, 0.5) is 4.39 Å². The number of alkyl halides is 1. The van der Waals surface area contributed by atoms with Crippen LogP contribution in [0, 0.1) is 5.82 Å². The highest BCUT2D eigenvalue weighted by atomic mass is 79.9. The minimum absolute atomic E-state index is 0.258. The highest BCUT2D eigenvalue weighted by Gasteiger charge is 2.13. The maximum atomic E-state index is 13.8.